The van der Waals surface area contributed by atoms with Gasteiger partial charge in [0.05, 0.1) is 19.8 Å². The Morgan fingerprint density at radius 1 is 1.15 bits per heavy atom. The summed E-state index contributed by atoms with van der Waals surface area (Å²) in [4.78, 5) is 0. The zero-order valence-electron chi connectivity index (χ0n) is 8.55. The zero-order chi connectivity index (χ0) is 9.78. The largest absolute Gasteiger partial charge is 0.380 e. The van der Waals surface area contributed by atoms with Crippen LogP contribution < -0.4 is 5.32 Å². The highest BCUT2D eigenvalue weighted by atomic mass is 16.5. The second-order valence-corrected chi connectivity index (χ2v) is 2.64. The maximum atomic E-state index is 5.31. The lowest BCUT2D eigenvalue weighted by atomic mass is 10.4. The first kappa shape index (κ1) is 12.6. The predicted octanol–water partition coefficient (Wildman–Crippen LogP) is 1.21. The molecule has 0 aliphatic carbocycles. The van der Waals surface area contributed by atoms with Crippen LogP contribution in [0.1, 0.15) is 13.3 Å². The van der Waals surface area contributed by atoms with Crippen LogP contribution in [0.4, 0.5) is 0 Å². The van der Waals surface area contributed by atoms with Crippen LogP contribution in [0.2, 0.25) is 0 Å². The van der Waals surface area contributed by atoms with E-state index < -0.39 is 0 Å². The maximum absolute atomic E-state index is 5.31. The molecule has 0 aliphatic heterocycles. The fourth-order valence-electron chi connectivity index (χ4n) is 0.827. The first-order valence-corrected chi connectivity index (χ1v) is 4.89. The second kappa shape index (κ2) is 11.6. The Labute approximate surface area is 81.1 Å². The molecule has 0 saturated heterocycles. The van der Waals surface area contributed by atoms with Gasteiger partial charge in [0, 0.05) is 19.7 Å². The van der Waals surface area contributed by atoms with Crippen molar-refractivity contribution in [3.8, 4) is 0 Å². The summed E-state index contributed by atoms with van der Waals surface area (Å²) in [6.45, 7) is 10.5. The lowest BCUT2D eigenvalue weighted by Gasteiger charge is -2.05. The van der Waals surface area contributed by atoms with Gasteiger partial charge in [-0.3, -0.25) is 0 Å². The minimum Gasteiger partial charge on any atom is -0.380 e. The molecule has 0 amide bonds. The van der Waals surface area contributed by atoms with Gasteiger partial charge in [-0.25, -0.2) is 0 Å². The molecule has 3 nitrogen and oxygen atoms in total. The molecule has 0 fully saturated rings. The van der Waals surface area contributed by atoms with Crippen molar-refractivity contribution in [1.29, 1.82) is 0 Å². The average molecular weight is 187 g/mol. The van der Waals surface area contributed by atoms with Crippen LogP contribution in [0.5, 0.6) is 0 Å². The van der Waals surface area contributed by atoms with Crippen LogP contribution in [-0.2, 0) is 9.47 Å². The van der Waals surface area contributed by atoms with Gasteiger partial charge in [0.2, 0.25) is 0 Å². The van der Waals surface area contributed by atoms with Gasteiger partial charge in [-0.05, 0) is 13.3 Å². The molecule has 13 heavy (non-hydrogen) atoms. The van der Waals surface area contributed by atoms with E-state index in [1.807, 2.05) is 13.0 Å². The van der Waals surface area contributed by atoms with Gasteiger partial charge in [-0.15, -0.1) is 6.58 Å². The smallest absolute Gasteiger partial charge is 0.0591 e. The number of nitrogens with one attached hydrogen (secondary N) is 1. The van der Waals surface area contributed by atoms with Crippen molar-refractivity contribution in [2.45, 2.75) is 13.3 Å². The molecule has 0 saturated carbocycles. The summed E-state index contributed by atoms with van der Waals surface area (Å²) in [5.41, 5.74) is 0. The Balaban J connectivity index is 2.79. The molecule has 0 bridgehead atoms. The van der Waals surface area contributed by atoms with Gasteiger partial charge in [0.25, 0.3) is 0 Å². The Morgan fingerprint density at radius 2 is 1.85 bits per heavy atom. The molecule has 0 aromatic heterocycles. The third kappa shape index (κ3) is 11.6. The Bertz CT molecular complexity index is 107. The van der Waals surface area contributed by atoms with Crippen molar-refractivity contribution < 1.29 is 9.47 Å². The summed E-state index contributed by atoms with van der Waals surface area (Å²) in [5.74, 6) is 0. The van der Waals surface area contributed by atoms with Crippen LogP contribution >= 0.6 is 0 Å². The molecule has 0 heterocycles. The van der Waals surface area contributed by atoms with Crippen molar-refractivity contribution in [3.05, 3.63) is 12.7 Å². The minimum absolute atomic E-state index is 0.764. The number of rotatable bonds is 10. The SMILES string of the molecule is C=CCCOCCNCCOCC. The highest BCUT2D eigenvalue weighted by Crippen LogP contribution is 1.81. The molecule has 0 aromatic rings. The second-order valence-electron chi connectivity index (χ2n) is 2.64. The van der Waals surface area contributed by atoms with Crippen molar-refractivity contribution in [1.82, 2.24) is 5.32 Å². The molecule has 3 heteroatoms. The molecule has 0 spiro atoms. The Hall–Kier alpha value is -0.380. The fourth-order valence-corrected chi connectivity index (χ4v) is 0.827. The highest BCUT2D eigenvalue weighted by molar-refractivity contribution is 4.64. The molecule has 0 aliphatic rings. The molecule has 0 rings (SSSR count). The third-order valence-electron chi connectivity index (χ3n) is 1.52. The van der Waals surface area contributed by atoms with Gasteiger partial charge in [0.15, 0.2) is 0 Å². The molecule has 0 radical (unpaired) electrons. The van der Waals surface area contributed by atoms with E-state index in [0.29, 0.717) is 0 Å². The lowest BCUT2D eigenvalue weighted by Crippen LogP contribution is -2.24. The quantitative estimate of drug-likeness (QED) is 0.412. The number of ether oxygens (including phenoxy) is 2. The van der Waals surface area contributed by atoms with Crippen LogP contribution in [0.3, 0.4) is 0 Å². The topological polar surface area (TPSA) is 30.5 Å². The van der Waals surface area contributed by atoms with Crippen LogP contribution in [0.15, 0.2) is 12.7 Å². The normalized spacial score (nSPS) is 10.2. The molecule has 0 aromatic carbocycles. The van der Waals surface area contributed by atoms with Gasteiger partial charge < -0.3 is 14.8 Å². The summed E-state index contributed by atoms with van der Waals surface area (Å²) in [5, 5.41) is 3.22. The summed E-state index contributed by atoms with van der Waals surface area (Å²) >= 11 is 0. The van der Waals surface area contributed by atoms with Gasteiger partial charge in [-0.2, -0.15) is 0 Å². The molecule has 78 valence electrons. The van der Waals surface area contributed by atoms with E-state index >= 15 is 0 Å². The minimum atomic E-state index is 0.764. The number of hydrogen-bond donors (Lipinski definition) is 1. The van der Waals surface area contributed by atoms with Crippen molar-refractivity contribution in [2.75, 3.05) is 39.5 Å². The van der Waals surface area contributed by atoms with E-state index in [2.05, 4.69) is 11.9 Å². The van der Waals surface area contributed by atoms with E-state index in [-0.39, 0.29) is 0 Å². The summed E-state index contributed by atoms with van der Waals surface area (Å²) in [6, 6.07) is 0. The summed E-state index contributed by atoms with van der Waals surface area (Å²) in [6.07, 6.45) is 2.79. The highest BCUT2D eigenvalue weighted by Gasteiger charge is 1.87. The van der Waals surface area contributed by atoms with E-state index in [1.165, 1.54) is 0 Å². The van der Waals surface area contributed by atoms with E-state index in [4.69, 9.17) is 9.47 Å². The Kier molecular flexibility index (Phi) is 11.3. The molecular weight excluding hydrogens is 166 g/mol. The zero-order valence-corrected chi connectivity index (χ0v) is 8.55. The monoisotopic (exact) mass is 187 g/mol. The molecule has 1 N–H and O–H groups in total. The standard InChI is InChI=1S/C10H21NO2/c1-3-5-8-13-10-7-11-6-9-12-4-2/h3,11H,1,4-10H2,2H3. The lowest BCUT2D eigenvalue weighted by molar-refractivity contribution is 0.129. The first-order valence-electron chi connectivity index (χ1n) is 4.89. The number of hydrogen-bond acceptors (Lipinski definition) is 3. The van der Waals surface area contributed by atoms with E-state index in [1.54, 1.807) is 0 Å². The fraction of sp³-hybridized carbons (Fsp3) is 0.800. The summed E-state index contributed by atoms with van der Waals surface area (Å²) < 4.78 is 10.5. The van der Waals surface area contributed by atoms with Crippen molar-refractivity contribution in [3.63, 3.8) is 0 Å². The van der Waals surface area contributed by atoms with Crippen LogP contribution in [0, 0.1) is 0 Å². The first-order chi connectivity index (χ1) is 6.41. The van der Waals surface area contributed by atoms with Crippen molar-refractivity contribution in [2.24, 2.45) is 0 Å². The average Bonchev–Trinajstić information content (AvgIpc) is 2.16. The molecule has 0 unspecified atom stereocenters. The van der Waals surface area contributed by atoms with Gasteiger partial charge in [0.1, 0.15) is 0 Å². The van der Waals surface area contributed by atoms with E-state index in [0.717, 1.165) is 45.9 Å². The third-order valence-corrected chi connectivity index (χ3v) is 1.52. The van der Waals surface area contributed by atoms with E-state index in [9.17, 15) is 0 Å². The van der Waals surface area contributed by atoms with Crippen molar-refractivity contribution >= 4 is 0 Å². The molecule has 0 atom stereocenters. The van der Waals surface area contributed by atoms with Crippen LogP contribution in [-0.4, -0.2) is 39.5 Å². The van der Waals surface area contributed by atoms with Crippen LogP contribution in [0.25, 0.3) is 0 Å². The van der Waals surface area contributed by atoms with Gasteiger partial charge in [-0.1, -0.05) is 6.08 Å². The van der Waals surface area contributed by atoms with Gasteiger partial charge >= 0.3 is 0 Å². The summed E-state index contributed by atoms with van der Waals surface area (Å²) in [7, 11) is 0. The maximum Gasteiger partial charge on any atom is 0.0591 e. The Morgan fingerprint density at radius 3 is 2.46 bits per heavy atom. The molecular formula is C10H21NO2. The predicted molar refractivity (Wildman–Crippen MR) is 55.0 cm³/mol.